The van der Waals surface area contributed by atoms with Gasteiger partial charge in [0.25, 0.3) is 0 Å². The number of alkyl carbamates (subject to hydrolysis) is 1. The van der Waals surface area contributed by atoms with Gasteiger partial charge in [-0.3, -0.25) is 43.2 Å². The molecule has 0 aliphatic carbocycles. The molecule has 0 saturated carbocycles. The Morgan fingerprint density at radius 2 is 0.912 bits per heavy atom. The molecule has 8 bridgehead atoms. The lowest BCUT2D eigenvalue weighted by molar-refractivity contribution is -0.156. The van der Waals surface area contributed by atoms with Gasteiger partial charge >= 0.3 is 18.0 Å². The van der Waals surface area contributed by atoms with Gasteiger partial charge < -0.3 is 67.5 Å². The number of Topliss-reactive ketones (excluding diaryl/α,β-unsaturated/α-hetero) is 1. The molecule has 3 aromatic heterocycles. The summed E-state index contributed by atoms with van der Waals surface area (Å²) in [6, 6.07) is 7.75. The number of fused-ring (bicyclic) bond motifs is 9. The summed E-state index contributed by atoms with van der Waals surface area (Å²) < 4.78 is 11.0. The number of esters is 1. The number of ketones is 1. The van der Waals surface area contributed by atoms with E-state index < -0.39 is 107 Å². The number of aromatic amines is 2. The second kappa shape index (κ2) is 45.6. The molecule has 25 nitrogen and oxygen atoms in total. The Morgan fingerprint density at radius 1 is 0.488 bits per heavy atom. The van der Waals surface area contributed by atoms with Crippen molar-refractivity contribution in [1.82, 2.24) is 57.2 Å². The lowest BCUT2D eigenvalue weighted by Crippen LogP contribution is -2.59. The predicted molar refractivity (Wildman–Crippen MR) is 500 cm³/mol. The van der Waals surface area contributed by atoms with Crippen LogP contribution in [0.5, 0.6) is 0 Å². The van der Waals surface area contributed by atoms with Crippen LogP contribution in [0.1, 0.15) is 302 Å². The number of amides is 7. The summed E-state index contributed by atoms with van der Waals surface area (Å²) in [6.07, 6.45) is 8.06. The number of carboxylic acids is 1. The van der Waals surface area contributed by atoms with Gasteiger partial charge in [0, 0.05) is 64.7 Å². The van der Waals surface area contributed by atoms with E-state index in [2.05, 4.69) is 122 Å². The average molecular weight is 1720 g/mol. The first-order chi connectivity index (χ1) is 58.7. The van der Waals surface area contributed by atoms with Crippen molar-refractivity contribution >= 4 is 114 Å². The number of allylic oxidation sites excluding steroid dienone is 8. The molecule has 2 aliphatic heterocycles. The van der Waals surface area contributed by atoms with Gasteiger partial charge in [0.05, 0.1) is 28.8 Å². The minimum Gasteiger partial charge on any atom is -0.481 e. The van der Waals surface area contributed by atoms with Crippen molar-refractivity contribution in [3.05, 3.63) is 139 Å². The molecule has 682 valence electrons. The number of unbranched alkanes of at least 4 members (excludes halogenated alkanes) is 2. The number of carbonyl (C=O) groups excluding carboxylic acids is 9. The number of aliphatic carboxylic acids is 1. The molecule has 5 heterocycles. The molecule has 0 radical (unpaired) electrons. The number of ether oxygens (including phenoxy) is 2. The lowest BCUT2D eigenvalue weighted by atomic mass is 9.84. The van der Waals surface area contributed by atoms with Gasteiger partial charge in [0.15, 0.2) is 5.78 Å². The quantitative estimate of drug-likeness (QED) is 0.00982. The summed E-state index contributed by atoms with van der Waals surface area (Å²) in [5.41, 5.74) is 24.2. The summed E-state index contributed by atoms with van der Waals surface area (Å²) in [6.45, 7) is 48.9. The van der Waals surface area contributed by atoms with E-state index in [1.807, 2.05) is 106 Å². The maximum atomic E-state index is 15.6. The second-order valence-electron chi connectivity index (χ2n) is 37.8. The van der Waals surface area contributed by atoms with Crippen molar-refractivity contribution in [3.63, 3.8) is 0 Å². The zero-order valence-electron chi connectivity index (χ0n) is 79.2. The number of carbonyl (C=O) groups is 10. The molecule has 7 rings (SSSR count). The van der Waals surface area contributed by atoms with Crippen molar-refractivity contribution in [2.45, 2.75) is 329 Å². The smallest absolute Gasteiger partial charge is 0.408 e. The summed E-state index contributed by atoms with van der Waals surface area (Å²) in [5, 5.41) is 32.2. The van der Waals surface area contributed by atoms with Gasteiger partial charge in [-0.1, -0.05) is 124 Å². The highest BCUT2D eigenvalue weighted by molar-refractivity contribution is 6.13. The van der Waals surface area contributed by atoms with Crippen LogP contribution in [-0.2, 0) is 65.5 Å². The van der Waals surface area contributed by atoms with E-state index >= 15 is 19.2 Å². The number of hydrogen-bond donors (Lipinski definition) is 11. The number of hydrogen-bond acceptors (Lipinski definition) is 15. The van der Waals surface area contributed by atoms with Crippen LogP contribution in [0.25, 0.3) is 55.1 Å². The van der Waals surface area contributed by atoms with Crippen LogP contribution >= 0.6 is 0 Å². The summed E-state index contributed by atoms with van der Waals surface area (Å²) in [7, 11) is 0. The molecule has 25 heteroatoms. The summed E-state index contributed by atoms with van der Waals surface area (Å²) >= 11 is 0. The minimum absolute atomic E-state index is 0.00593. The van der Waals surface area contributed by atoms with Crippen molar-refractivity contribution < 1.29 is 62.5 Å². The van der Waals surface area contributed by atoms with Gasteiger partial charge in [0.2, 0.25) is 35.4 Å². The number of nitrogens with one attached hydrogen (secondary N) is 9. The molecule has 2 aromatic carbocycles. The third-order valence-electron chi connectivity index (χ3n) is 22.9. The van der Waals surface area contributed by atoms with E-state index in [9.17, 15) is 33.9 Å². The Balaban J connectivity index is 1.22. The molecule has 0 saturated heterocycles. The number of benzene rings is 2. The fourth-order valence-electron chi connectivity index (χ4n) is 16.9. The van der Waals surface area contributed by atoms with Crippen molar-refractivity contribution in [1.29, 1.82) is 0 Å². The highest BCUT2D eigenvalue weighted by atomic mass is 16.6. The van der Waals surface area contributed by atoms with E-state index in [4.69, 9.17) is 25.2 Å². The van der Waals surface area contributed by atoms with E-state index in [-0.39, 0.29) is 100 Å². The number of aryl methyl sites for hydroxylation is 6. The molecular weight excluding hydrogens is 1580 g/mol. The first-order valence-corrected chi connectivity index (χ1v) is 45.1. The Labute approximate surface area is 741 Å². The largest absolute Gasteiger partial charge is 0.481 e. The second-order valence-corrected chi connectivity index (χ2v) is 37.8. The Bertz CT molecular complexity index is 5090. The zero-order valence-corrected chi connectivity index (χ0v) is 79.2. The number of aromatic nitrogens is 4. The van der Waals surface area contributed by atoms with Gasteiger partial charge in [-0.25, -0.2) is 14.8 Å². The van der Waals surface area contributed by atoms with Crippen LogP contribution in [0.4, 0.5) is 4.79 Å². The molecule has 1 unspecified atom stereocenters. The highest BCUT2D eigenvalue weighted by Gasteiger charge is 2.40. The molecule has 0 fully saturated rings. The fourth-order valence-corrected chi connectivity index (χ4v) is 16.9. The molecule has 125 heavy (non-hydrogen) atoms. The lowest BCUT2D eigenvalue weighted by Gasteiger charge is -2.29. The first kappa shape index (κ1) is 102. The average Bonchev–Trinajstić information content (AvgIpc) is 1.60. The normalized spacial score (nSPS) is 14.5. The topological polar surface area (TPSA) is 377 Å². The monoisotopic (exact) mass is 1720 g/mol. The predicted octanol–water partition coefficient (Wildman–Crippen LogP) is 17.1. The maximum absolute atomic E-state index is 15.6. The molecule has 7 amide bonds. The van der Waals surface area contributed by atoms with E-state index in [0.29, 0.717) is 43.1 Å². The molecule has 0 spiro atoms. The van der Waals surface area contributed by atoms with E-state index in [1.54, 1.807) is 53.7 Å². The number of H-pyrrole nitrogens is 2. The van der Waals surface area contributed by atoms with Gasteiger partial charge in [0.1, 0.15) is 47.3 Å². The van der Waals surface area contributed by atoms with Gasteiger partial charge in [-0.15, -0.1) is 0 Å². The van der Waals surface area contributed by atoms with Crippen LogP contribution in [0.15, 0.2) is 71.8 Å². The number of carboxylic acid groups (broad SMARTS) is 1. The minimum atomic E-state index is -1.41. The van der Waals surface area contributed by atoms with Crippen LogP contribution in [0.2, 0.25) is 0 Å². The Kier molecular flexibility index (Phi) is 37.0. The van der Waals surface area contributed by atoms with Gasteiger partial charge in [-0.05, 0) is 295 Å². The van der Waals surface area contributed by atoms with Crippen LogP contribution in [0.3, 0.4) is 0 Å². The molecule has 5 aromatic rings. The van der Waals surface area contributed by atoms with Crippen molar-refractivity contribution in [3.8, 4) is 0 Å². The van der Waals surface area contributed by atoms with Crippen LogP contribution in [0, 0.1) is 58.3 Å². The number of rotatable bonds is 42. The maximum Gasteiger partial charge on any atom is 0.408 e. The van der Waals surface area contributed by atoms with Crippen LogP contribution in [-0.4, -0.2) is 145 Å². The molecular formula is C100H144N12O13. The highest BCUT2D eigenvalue weighted by Crippen LogP contribution is 2.44. The first-order valence-electron chi connectivity index (χ1n) is 45.1. The standard InChI is InChI=1S/C100H144N12O13/c1-26-35-58(11)82-62(15)87-64(17)85-61(14)69(44-46-81(114)115)75(104-85)53-74-68(60(13)86(105-74)65(18)89-83(59(12)36-27-2)63(16)88(112-89)66(19)90(82)111-87)43-45-80(113)102-47-33-31-42-73(106-93(118)77(50-55(5)6)109-95(120)79(52-57(9)10)110-98(123)125-100(23,24)25)92(117)108-78(51-56(7)8)94(119)107-76(49-54(3)4)91(116)84(71-40-34-38-67-37-28-29-39-70(67)71)96(121)103-48-32-30-41-72(101)97(122)124-99(20,21)22/h28-29,34-40,53-57,72-73,76-79,84,104-105H,26-27,30-33,41-52,101H2,1-25H3,(H,102,113)(H,103,121)(H,106,118)(H,107,119)(H,108,117)(H,109,120)(H,110,123)(H,114,115)/b58-35+,59-36+,74-53?,75-53?,85-64?,86-65?,87-64?,88-66?,89-65?,90-66?/t72-,73-,76-,77-,78-,79-,84?/m0/s1. The molecule has 2 aliphatic rings. The molecule has 12 N–H and O–H groups in total. The summed E-state index contributed by atoms with van der Waals surface area (Å²) in [5.74, 6) is -7.72. The zero-order chi connectivity index (χ0) is 93.0. The molecule has 7 atom stereocenters. The van der Waals surface area contributed by atoms with Crippen molar-refractivity contribution in [2.24, 2.45) is 29.4 Å². The SMILES string of the molecule is CC/C=C(\C)C1=C(C)c2nc1c(C)c1nc(c(C)c3[nH]c(cc4[nH]c(c2C)c(C)c4CCC(=O)O)c(CCC(=O)NCCCC[C@H](NC(=O)[C@H](CC(C)C)NC(=O)[C@H](CC(C)C)NC(=O)OC(C)(C)C)C(=O)N[C@@H](CC(C)C)C(=O)N[C@@H](CC(C)C)C(=O)C(C(=O)NCCCC[C@H](N)C(=O)OC(C)(C)C)c2cccc4ccccc24)c3C)C(/C(C)=C/CC)=C1C. The van der Waals surface area contributed by atoms with Gasteiger partial charge in [-0.2, -0.15) is 0 Å². The number of nitrogens with zero attached hydrogens (tertiary/aromatic N) is 2. The van der Waals surface area contributed by atoms with E-state index in [0.717, 1.165) is 135 Å². The third kappa shape index (κ3) is 28.0. The van der Waals surface area contributed by atoms with Crippen molar-refractivity contribution in [2.75, 3.05) is 13.1 Å². The third-order valence-corrected chi connectivity index (χ3v) is 22.9. The summed E-state index contributed by atoms with van der Waals surface area (Å²) in [4.78, 5) is 162. The Hall–Kier alpha value is -10.6. The number of nitrogens with two attached hydrogens (primary N) is 1. The Morgan fingerprint density at radius 3 is 1.41 bits per heavy atom. The van der Waals surface area contributed by atoms with Crippen LogP contribution < -0.4 is 43.0 Å². The fraction of sp³-hybridized carbons (Fsp3) is 0.560. The van der Waals surface area contributed by atoms with E-state index in [1.165, 1.54) is 0 Å².